The Kier molecular flexibility index (Phi) is 5.34. The van der Waals surface area contributed by atoms with E-state index >= 15 is 0 Å². The normalized spacial score (nSPS) is 15.0. The number of aliphatic carboxylic acids is 1. The molecule has 0 bridgehead atoms. The minimum atomic E-state index is -0.846. The number of benzene rings is 2. The molecular formula is C19H23NO2. The van der Waals surface area contributed by atoms with Crippen LogP contribution in [0.25, 0.3) is 0 Å². The second-order valence-corrected chi connectivity index (χ2v) is 5.78. The molecule has 2 N–H and O–H groups in total. The summed E-state index contributed by atoms with van der Waals surface area (Å²) in [5.74, 6) is -0.617. The van der Waals surface area contributed by atoms with Crippen molar-refractivity contribution in [3.05, 3.63) is 71.3 Å². The summed E-state index contributed by atoms with van der Waals surface area (Å²) in [6.45, 7) is 6.09. The molecule has 3 nitrogen and oxygen atoms in total. The first-order valence-corrected chi connectivity index (χ1v) is 7.60. The summed E-state index contributed by atoms with van der Waals surface area (Å²) in [5.41, 5.74) is 3.01. The van der Waals surface area contributed by atoms with Gasteiger partial charge in [0.25, 0.3) is 0 Å². The third-order valence-electron chi connectivity index (χ3n) is 4.25. The molecule has 3 atom stereocenters. The smallest absolute Gasteiger partial charge is 0.325 e. The Labute approximate surface area is 132 Å². The van der Waals surface area contributed by atoms with Crippen molar-refractivity contribution >= 4 is 5.97 Å². The molecule has 116 valence electrons. The number of nitrogens with one attached hydrogen (secondary N) is 1. The molecule has 22 heavy (non-hydrogen) atoms. The molecule has 0 radical (unpaired) electrons. The molecule has 0 aliphatic heterocycles. The second kappa shape index (κ2) is 7.23. The average molecular weight is 297 g/mol. The molecule has 2 rings (SSSR count). The molecule has 0 aromatic heterocycles. The number of carbonyl (C=O) groups is 1. The van der Waals surface area contributed by atoms with Gasteiger partial charge in [0.15, 0.2) is 0 Å². The maximum absolute atomic E-state index is 11.7. The van der Waals surface area contributed by atoms with Crippen LogP contribution < -0.4 is 5.32 Å². The quantitative estimate of drug-likeness (QED) is 0.850. The maximum atomic E-state index is 11.7. The van der Waals surface area contributed by atoms with Crippen molar-refractivity contribution in [1.82, 2.24) is 5.32 Å². The van der Waals surface area contributed by atoms with Crippen molar-refractivity contribution < 1.29 is 9.90 Å². The van der Waals surface area contributed by atoms with Gasteiger partial charge in [-0.3, -0.25) is 10.1 Å². The molecule has 2 aromatic carbocycles. The van der Waals surface area contributed by atoms with Gasteiger partial charge in [-0.15, -0.1) is 0 Å². The van der Waals surface area contributed by atoms with Crippen LogP contribution in [-0.4, -0.2) is 17.1 Å². The summed E-state index contributed by atoms with van der Waals surface area (Å²) in [5, 5.41) is 12.9. The van der Waals surface area contributed by atoms with E-state index in [4.69, 9.17) is 0 Å². The lowest BCUT2D eigenvalue weighted by molar-refractivity contribution is -0.139. The summed E-state index contributed by atoms with van der Waals surface area (Å²) in [4.78, 5) is 11.7. The number of aryl methyl sites for hydroxylation is 1. The van der Waals surface area contributed by atoms with Crippen molar-refractivity contribution in [3.63, 3.8) is 0 Å². The Morgan fingerprint density at radius 3 is 2.18 bits per heavy atom. The summed E-state index contributed by atoms with van der Waals surface area (Å²) in [6, 6.07) is 17.1. The van der Waals surface area contributed by atoms with Gasteiger partial charge in [0.2, 0.25) is 0 Å². The van der Waals surface area contributed by atoms with Gasteiger partial charge in [0.05, 0.1) is 0 Å². The van der Waals surface area contributed by atoms with Gasteiger partial charge in [-0.2, -0.15) is 0 Å². The number of hydrogen-bond acceptors (Lipinski definition) is 2. The second-order valence-electron chi connectivity index (χ2n) is 5.78. The van der Waals surface area contributed by atoms with Gasteiger partial charge in [0, 0.05) is 6.04 Å². The zero-order chi connectivity index (χ0) is 16.1. The van der Waals surface area contributed by atoms with Crippen molar-refractivity contribution in [2.75, 3.05) is 0 Å². The summed E-state index contributed by atoms with van der Waals surface area (Å²) < 4.78 is 0. The molecule has 0 aliphatic rings. The first-order chi connectivity index (χ1) is 10.5. The van der Waals surface area contributed by atoms with E-state index in [0.29, 0.717) is 0 Å². The van der Waals surface area contributed by atoms with E-state index in [1.165, 1.54) is 5.56 Å². The third kappa shape index (κ3) is 3.74. The number of carboxylic acids is 1. The van der Waals surface area contributed by atoms with Gasteiger partial charge < -0.3 is 5.11 Å². The fraction of sp³-hybridized carbons (Fsp3) is 0.316. The Hall–Kier alpha value is -2.13. The first kappa shape index (κ1) is 16.2. The summed E-state index contributed by atoms with van der Waals surface area (Å²) >= 11 is 0. The third-order valence-corrected chi connectivity index (χ3v) is 4.25. The van der Waals surface area contributed by atoms with Crippen molar-refractivity contribution in [2.24, 2.45) is 0 Å². The van der Waals surface area contributed by atoms with Crippen molar-refractivity contribution in [3.8, 4) is 0 Å². The minimum Gasteiger partial charge on any atom is -0.480 e. The lowest BCUT2D eigenvalue weighted by Gasteiger charge is -2.26. The maximum Gasteiger partial charge on any atom is 0.325 e. The zero-order valence-electron chi connectivity index (χ0n) is 13.3. The topological polar surface area (TPSA) is 49.3 Å². The van der Waals surface area contributed by atoms with Crippen LogP contribution in [0.3, 0.4) is 0 Å². The number of carboxylic acid groups (broad SMARTS) is 1. The van der Waals surface area contributed by atoms with Gasteiger partial charge in [-0.25, -0.2) is 0 Å². The van der Waals surface area contributed by atoms with E-state index in [-0.39, 0.29) is 12.0 Å². The van der Waals surface area contributed by atoms with Crippen LogP contribution in [0.2, 0.25) is 0 Å². The minimum absolute atomic E-state index is 0.0445. The SMILES string of the molecule is Cc1ccccc1[C@H](N[C@H](C)[C@@H](C)c1ccccc1)C(=O)O. The van der Waals surface area contributed by atoms with Gasteiger partial charge >= 0.3 is 5.97 Å². The Morgan fingerprint density at radius 1 is 1.00 bits per heavy atom. The summed E-state index contributed by atoms with van der Waals surface area (Å²) in [7, 11) is 0. The molecule has 3 heteroatoms. The highest BCUT2D eigenvalue weighted by molar-refractivity contribution is 5.76. The molecule has 0 heterocycles. The molecule has 2 aromatic rings. The fourth-order valence-corrected chi connectivity index (χ4v) is 2.66. The fourth-order valence-electron chi connectivity index (χ4n) is 2.66. The van der Waals surface area contributed by atoms with E-state index in [2.05, 4.69) is 24.4 Å². The largest absolute Gasteiger partial charge is 0.480 e. The highest BCUT2D eigenvalue weighted by Crippen LogP contribution is 2.23. The molecule has 0 saturated carbocycles. The Balaban J connectivity index is 2.18. The first-order valence-electron chi connectivity index (χ1n) is 7.60. The van der Waals surface area contributed by atoms with Crippen LogP contribution in [-0.2, 0) is 4.79 Å². The van der Waals surface area contributed by atoms with E-state index < -0.39 is 12.0 Å². The van der Waals surface area contributed by atoms with Crippen LogP contribution in [0.15, 0.2) is 54.6 Å². The molecule has 0 unspecified atom stereocenters. The molecule has 0 aliphatic carbocycles. The zero-order valence-corrected chi connectivity index (χ0v) is 13.3. The molecular weight excluding hydrogens is 274 g/mol. The molecule has 0 spiro atoms. The van der Waals surface area contributed by atoms with Crippen LogP contribution >= 0.6 is 0 Å². The highest BCUT2D eigenvalue weighted by Gasteiger charge is 2.25. The highest BCUT2D eigenvalue weighted by atomic mass is 16.4. The number of rotatable bonds is 6. The van der Waals surface area contributed by atoms with Gasteiger partial charge in [-0.05, 0) is 36.5 Å². The van der Waals surface area contributed by atoms with Crippen LogP contribution in [0.4, 0.5) is 0 Å². The van der Waals surface area contributed by atoms with E-state index in [1.54, 1.807) is 0 Å². The standard InChI is InChI=1S/C19H23NO2/c1-13-9-7-8-12-17(13)18(19(21)22)20-15(3)14(2)16-10-5-4-6-11-16/h4-12,14-15,18,20H,1-3H3,(H,21,22)/t14-,15-,18+/m1/s1. The van der Waals surface area contributed by atoms with Crippen LogP contribution in [0.5, 0.6) is 0 Å². The van der Waals surface area contributed by atoms with Crippen LogP contribution in [0.1, 0.15) is 42.5 Å². The summed E-state index contributed by atoms with van der Waals surface area (Å²) in [6.07, 6.45) is 0. The van der Waals surface area contributed by atoms with Gasteiger partial charge in [0.1, 0.15) is 6.04 Å². The predicted molar refractivity (Wildman–Crippen MR) is 89.0 cm³/mol. The van der Waals surface area contributed by atoms with Crippen molar-refractivity contribution in [2.45, 2.75) is 38.8 Å². The molecule has 0 saturated heterocycles. The predicted octanol–water partition coefficient (Wildman–Crippen LogP) is 3.90. The van der Waals surface area contributed by atoms with Crippen LogP contribution in [0, 0.1) is 6.92 Å². The lowest BCUT2D eigenvalue weighted by atomic mass is 9.92. The lowest BCUT2D eigenvalue weighted by Crippen LogP contribution is -2.38. The average Bonchev–Trinajstić information content (AvgIpc) is 2.53. The molecule has 0 amide bonds. The molecule has 0 fully saturated rings. The van der Waals surface area contributed by atoms with E-state index in [0.717, 1.165) is 11.1 Å². The van der Waals surface area contributed by atoms with Gasteiger partial charge in [-0.1, -0.05) is 61.5 Å². The Morgan fingerprint density at radius 2 is 1.59 bits per heavy atom. The monoisotopic (exact) mass is 297 g/mol. The number of hydrogen-bond donors (Lipinski definition) is 2. The van der Waals surface area contributed by atoms with E-state index in [9.17, 15) is 9.90 Å². The van der Waals surface area contributed by atoms with E-state index in [1.807, 2.05) is 56.3 Å². The van der Waals surface area contributed by atoms with Crippen molar-refractivity contribution in [1.29, 1.82) is 0 Å². The Bertz CT molecular complexity index is 624.